The van der Waals surface area contributed by atoms with Crippen LogP contribution in [0.25, 0.3) is 88.9 Å². The molecule has 0 radical (unpaired) electrons. The molecule has 0 amide bonds. The van der Waals surface area contributed by atoms with Gasteiger partial charge in [0, 0.05) is 56.2 Å². The van der Waals surface area contributed by atoms with Crippen LogP contribution in [0.1, 0.15) is 25.0 Å². The Labute approximate surface area is 306 Å². The number of nitrogens with zero attached hydrogens (tertiary/aromatic N) is 5. The maximum absolute atomic E-state index is 5.04. The summed E-state index contributed by atoms with van der Waals surface area (Å²) in [5.74, 6) is 1.56. The van der Waals surface area contributed by atoms with E-state index in [0.717, 1.165) is 33.8 Å². The zero-order chi connectivity index (χ0) is 35.3. The first kappa shape index (κ1) is 29.8. The van der Waals surface area contributed by atoms with E-state index in [1.807, 2.05) is 42.7 Å². The minimum atomic E-state index is -0.0828. The van der Waals surface area contributed by atoms with Gasteiger partial charge >= 0.3 is 0 Å². The predicted molar refractivity (Wildman–Crippen MR) is 217 cm³/mol. The van der Waals surface area contributed by atoms with Gasteiger partial charge in [0.1, 0.15) is 5.82 Å². The van der Waals surface area contributed by atoms with E-state index in [1.165, 1.54) is 60.4 Å². The van der Waals surface area contributed by atoms with E-state index in [4.69, 9.17) is 9.97 Å². The topological polar surface area (TPSA) is 48.5 Å². The van der Waals surface area contributed by atoms with Crippen LogP contribution in [-0.2, 0) is 5.41 Å². The van der Waals surface area contributed by atoms with E-state index in [1.54, 1.807) is 0 Å². The average Bonchev–Trinajstić information content (AvgIpc) is 3.81. The lowest BCUT2D eigenvalue weighted by atomic mass is 9.83. The van der Waals surface area contributed by atoms with Crippen molar-refractivity contribution in [3.63, 3.8) is 0 Å². The monoisotopic (exact) mass is 679 g/mol. The molecule has 250 valence electrons. The van der Waals surface area contributed by atoms with Gasteiger partial charge in [0.05, 0.1) is 27.8 Å². The van der Waals surface area contributed by atoms with E-state index in [0.29, 0.717) is 5.82 Å². The Kier molecular flexibility index (Phi) is 6.23. The Morgan fingerprint density at radius 1 is 0.453 bits per heavy atom. The van der Waals surface area contributed by atoms with Crippen LogP contribution in [0.5, 0.6) is 0 Å². The summed E-state index contributed by atoms with van der Waals surface area (Å²) < 4.78 is 4.66. The van der Waals surface area contributed by atoms with E-state index in [9.17, 15) is 0 Å². The molecule has 6 aromatic carbocycles. The van der Waals surface area contributed by atoms with Crippen molar-refractivity contribution in [3.05, 3.63) is 175 Å². The smallest absolute Gasteiger partial charge is 0.161 e. The van der Waals surface area contributed by atoms with Gasteiger partial charge in [0.2, 0.25) is 0 Å². The summed E-state index contributed by atoms with van der Waals surface area (Å²) in [6.45, 7) is 4.60. The lowest BCUT2D eigenvalue weighted by Gasteiger charge is -2.21. The Morgan fingerprint density at radius 3 is 1.83 bits per heavy atom. The highest BCUT2D eigenvalue weighted by atomic mass is 15.1. The Balaban J connectivity index is 1.06. The highest BCUT2D eigenvalue weighted by Crippen LogP contribution is 2.48. The number of benzene rings is 6. The second-order valence-electron chi connectivity index (χ2n) is 14.5. The van der Waals surface area contributed by atoms with Gasteiger partial charge in [-0.3, -0.25) is 9.55 Å². The molecule has 0 unspecified atom stereocenters. The molecule has 4 aromatic heterocycles. The zero-order valence-electron chi connectivity index (χ0n) is 29.3. The van der Waals surface area contributed by atoms with Gasteiger partial charge in [-0.15, -0.1) is 0 Å². The maximum atomic E-state index is 5.04. The highest BCUT2D eigenvalue weighted by molar-refractivity contribution is 6.12. The fourth-order valence-electron chi connectivity index (χ4n) is 8.71. The quantitative estimate of drug-likeness (QED) is 0.186. The Morgan fingerprint density at radius 2 is 1.09 bits per heavy atom. The van der Waals surface area contributed by atoms with Crippen molar-refractivity contribution < 1.29 is 0 Å². The molecule has 1 aliphatic rings. The second kappa shape index (κ2) is 11.1. The molecule has 4 heterocycles. The number of para-hydroxylation sites is 2. The van der Waals surface area contributed by atoms with Crippen LogP contribution < -0.4 is 0 Å². The van der Waals surface area contributed by atoms with Gasteiger partial charge in [-0.05, 0) is 82.9 Å². The van der Waals surface area contributed by atoms with Crippen molar-refractivity contribution in [1.82, 2.24) is 24.1 Å². The number of aromatic nitrogens is 5. The summed E-state index contributed by atoms with van der Waals surface area (Å²) in [5.41, 5.74) is 13.9. The van der Waals surface area contributed by atoms with Crippen molar-refractivity contribution >= 4 is 43.6 Å². The lowest BCUT2D eigenvalue weighted by molar-refractivity contribution is 0.659. The van der Waals surface area contributed by atoms with Crippen LogP contribution in [-0.4, -0.2) is 24.1 Å². The Hall–Kier alpha value is -6.85. The van der Waals surface area contributed by atoms with E-state index < -0.39 is 0 Å². The molecular weight excluding hydrogens is 647 g/mol. The molecule has 0 saturated heterocycles. The van der Waals surface area contributed by atoms with E-state index in [-0.39, 0.29) is 5.41 Å². The van der Waals surface area contributed by atoms with Crippen LogP contribution in [0, 0.1) is 0 Å². The molecule has 0 aliphatic heterocycles. The molecule has 11 rings (SSSR count). The standard InChI is InChI=1S/C48H33N5/c1-48(2)39-21-20-33(29-38(39)46-40(48)15-10-25-49-46)52-41-16-8-6-13-34(41)36-27-31(18-22-43(36)52)32-19-23-44-37(28-32)35-14-7-9-17-42(35)53(44)45-24-26-50-47(51-45)30-11-4-3-5-12-30/h3-29H,1-2H3. The van der Waals surface area contributed by atoms with Crippen molar-refractivity contribution in [2.45, 2.75) is 19.3 Å². The number of fused-ring (bicyclic) bond motifs is 9. The largest absolute Gasteiger partial charge is 0.309 e. The number of hydrogen-bond donors (Lipinski definition) is 0. The first-order chi connectivity index (χ1) is 26.0. The molecular formula is C48H33N5. The molecule has 0 bridgehead atoms. The summed E-state index contributed by atoms with van der Waals surface area (Å²) in [6.07, 6.45) is 3.76. The highest BCUT2D eigenvalue weighted by Gasteiger charge is 2.36. The Bertz CT molecular complexity index is 3090. The van der Waals surface area contributed by atoms with Crippen LogP contribution in [0.15, 0.2) is 164 Å². The normalized spacial score (nSPS) is 13.2. The number of pyridine rings is 1. The van der Waals surface area contributed by atoms with Gasteiger partial charge in [-0.2, -0.15) is 0 Å². The molecule has 5 heteroatoms. The van der Waals surface area contributed by atoms with E-state index in [2.05, 4.69) is 149 Å². The van der Waals surface area contributed by atoms with Crippen LogP contribution in [0.3, 0.4) is 0 Å². The van der Waals surface area contributed by atoms with Crippen molar-refractivity contribution in [2.24, 2.45) is 0 Å². The SMILES string of the molecule is CC1(C)c2ccc(-n3c4ccccc4c4cc(-c5ccc6c(c5)c5ccccc5n6-c5ccnc(-c6ccccc6)n5)ccc43)cc2-c2ncccc21. The van der Waals surface area contributed by atoms with E-state index >= 15 is 0 Å². The number of hydrogen-bond acceptors (Lipinski definition) is 3. The number of rotatable bonds is 4. The zero-order valence-corrected chi connectivity index (χ0v) is 29.3. The van der Waals surface area contributed by atoms with Gasteiger partial charge < -0.3 is 4.57 Å². The van der Waals surface area contributed by atoms with Gasteiger partial charge in [-0.1, -0.05) is 105 Å². The summed E-state index contributed by atoms with van der Waals surface area (Å²) >= 11 is 0. The first-order valence-corrected chi connectivity index (χ1v) is 18.1. The average molecular weight is 680 g/mol. The molecule has 53 heavy (non-hydrogen) atoms. The maximum Gasteiger partial charge on any atom is 0.161 e. The third-order valence-corrected chi connectivity index (χ3v) is 11.3. The fraction of sp³-hybridized carbons (Fsp3) is 0.0625. The summed E-state index contributed by atoms with van der Waals surface area (Å²) in [7, 11) is 0. The minimum absolute atomic E-state index is 0.0828. The molecule has 0 spiro atoms. The van der Waals surface area contributed by atoms with Crippen LogP contribution in [0.2, 0.25) is 0 Å². The molecule has 10 aromatic rings. The minimum Gasteiger partial charge on any atom is -0.309 e. The molecule has 1 aliphatic carbocycles. The lowest BCUT2D eigenvalue weighted by Crippen LogP contribution is -2.15. The third kappa shape index (κ3) is 4.34. The molecule has 0 N–H and O–H groups in total. The first-order valence-electron chi connectivity index (χ1n) is 18.1. The molecule has 5 nitrogen and oxygen atoms in total. The van der Waals surface area contributed by atoms with Gasteiger partial charge in [-0.25, -0.2) is 9.97 Å². The third-order valence-electron chi connectivity index (χ3n) is 11.3. The van der Waals surface area contributed by atoms with Crippen LogP contribution >= 0.6 is 0 Å². The molecule has 0 fully saturated rings. The second-order valence-corrected chi connectivity index (χ2v) is 14.5. The fourth-order valence-corrected chi connectivity index (χ4v) is 8.71. The summed E-state index contributed by atoms with van der Waals surface area (Å²) in [5, 5.41) is 4.85. The predicted octanol–water partition coefficient (Wildman–Crippen LogP) is 11.7. The summed E-state index contributed by atoms with van der Waals surface area (Å²) in [6, 6.07) is 54.4. The molecule has 0 saturated carbocycles. The molecule has 0 atom stereocenters. The van der Waals surface area contributed by atoms with Crippen LogP contribution in [0.4, 0.5) is 0 Å². The van der Waals surface area contributed by atoms with Crippen molar-refractivity contribution in [2.75, 3.05) is 0 Å². The summed E-state index contributed by atoms with van der Waals surface area (Å²) in [4.78, 5) is 14.5. The van der Waals surface area contributed by atoms with Crippen molar-refractivity contribution in [1.29, 1.82) is 0 Å². The van der Waals surface area contributed by atoms with Gasteiger partial charge in [0.25, 0.3) is 0 Å². The van der Waals surface area contributed by atoms with Gasteiger partial charge in [0.15, 0.2) is 5.82 Å². The van der Waals surface area contributed by atoms with Crippen molar-refractivity contribution in [3.8, 4) is 45.3 Å².